The van der Waals surface area contributed by atoms with Gasteiger partial charge in [-0.1, -0.05) is 54.6 Å². The number of benzene rings is 3. The fourth-order valence-corrected chi connectivity index (χ4v) is 3.00. The first-order valence-corrected chi connectivity index (χ1v) is 9.90. The van der Waals surface area contributed by atoms with Crippen molar-refractivity contribution in [1.29, 1.82) is 5.26 Å². The summed E-state index contributed by atoms with van der Waals surface area (Å²) in [6.07, 6.45) is 1.51. The largest absolute Gasteiger partial charge is 0.489 e. The molecule has 3 rings (SSSR count). The second kappa shape index (κ2) is 10.5. The molecule has 0 aliphatic carbocycles. The monoisotopic (exact) mass is 427 g/mol. The van der Waals surface area contributed by atoms with Crippen LogP contribution in [0, 0.1) is 21.4 Å². The van der Waals surface area contributed by atoms with Crippen molar-refractivity contribution >= 4 is 17.7 Å². The third kappa shape index (κ3) is 6.03. The lowest BCUT2D eigenvalue weighted by Gasteiger charge is -2.13. The molecule has 3 aromatic rings. The third-order valence-corrected chi connectivity index (χ3v) is 4.73. The van der Waals surface area contributed by atoms with Crippen LogP contribution in [0.15, 0.2) is 84.4 Å². The van der Waals surface area contributed by atoms with Crippen LogP contribution >= 0.6 is 0 Å². The molecular weight excluding hydrogens is 406 g/mol. The highest BCUT2D eigenvalue weighted by Gasteiger charge is 2.13. The van der Waals surface area contributed by atoms with E-state index >= 15 is 0 Å². The first kappa shape index (κ1) is 22.2. The molecule has 1 N–H and O–H groups in total. The normalized spacial score (nSPS) is 11.8. The highest BCUT2D eigenvalue weighted by Crippen LogP contribution is 2.19. The lowest BCUT2D eigenvalue weighted by Crippen LogP contribution is -2.27. The van der Waals surface area contributed by atoms with Gasteiger partial charge in [-0.05, 0) is 41.8 Å². The molecule has 0 aliphatic heterocycles. The van der Waals surface area contributed by atoms with E-state index in [2.05, 4.69) is 5.32 Å². The molecule has 160 valence electrons. The lowest BCUT2D eigenvalue weighted by molar-refractivity contribution is -0.384. The zero-order valence-electron chi connectivity index (χ0n) is 17.4. The van der Waals surface area contributed by atoms with Crippen LogP contribution in [0.5, 0.6) is 5.75 Å². The number of non-ortho nitro benzene ring substituents is 1. The van der Waals surface area contributed by atoms with Crippen molar-refractivity contribution in [2.45, 2.75) is 19.6 Å². The summed E-state index contributed by atoms with van der Waals surface area (Å²) in [7, 11) is 0. The van der Waals surface area contributed by atoms with Crippen molar-refractivity contribution in [3.63, 3.8) is 0 Å². The van der Waals surface area contributed by atoms with E-state index in [1.165, 1.54) is 18.2 Å². The average Bonchev–Trinajstić information content (AvgIpc) is 2.82. The number of nitrogens with zero attached hydrogens (tertiary/aromatic N) is 2. The summed E-state index contributed by atoms with van der Waals surface area (Å²) in [6, 6.07) is 24.3. The van der Waals surface area contributed by atoms with Gasteiger partial charge in [0.25, 0.3) is 11.6 Å². The summed E-state index contributed by atoms with van der Waals surface area (Å²) < 4.78 is 5.67. The van der Waals surface area contributed by atoms with Gasteiger partial charge in [0.05, 0.1) is 11.0 Å². The van der Waals surface area contributed by atoms with Gasteiger partial charge in [-0.2, -0.15) is 5.26 Å². The molecule has 0 aromatic heterocycles. The maximum atomic E-state index is 12.5. The van der Waals surface area contributed by atoms with E-state index in [1.54, 1.807) is 36.4 Å². The molecule has 0 saturated carbocycles. The Kier molecular flexibility index (Phi) is 7.33. The van der Waals surface area contributed by atoms with Crippen LogP contribution in [0.25, 0.3) is 6.08 Å². The van der Waals surface area contributed by atoms with Crippen LogP contribution in [0.1, 0.15) is 29.7 Å². The standard InChI is InChI=1S/C25H21N3O4/c1-18(21-7-3-2-4-8-21)27-25(29)22(16-26)14-19-10-12-24(13-11-19)32-17-20-6-5-9-23(15-20)28(30)31/h2-15,18H,17H2,1H3,(H,27,29)/b22-14-/t18-/m0/s1. The van der Waals surface area contributed by atoms with Crippen LogP contribution in [-0.4, -0.2) is 10.8 Å². The number of hydrogen-bond donors (Lipinski definition) is 1. The first-order chi connectivity index (χ1) is 15.5. The van der Waals surface area contributed by atoms with Gasteiger partial charge in [-0.3, -0.25) is 14.9 Å². The predicted molar refractivity (Wildman–Crippen MR) is 120 cm³/mol. The van der Waals surface area contributed by atoms with Crippen LogP contribution in [0.3, 0.4) is 0 Å². The molecule has 0 radical (unpaired) electrons. The van der Waals surface area contributed by atoms with Gasteiger partial charge in [-0.15, -0.1) is 0 Å². The van der Waals surface area contributed by atoms with Crippen LogP contribution < -0.4 is 10.1 Å². The lowest BCUT2D eigenvalue weighted by atomic mass is 10.1. The Morgan fingerprint density at radius 1 is 1.12 bits per heavy atom. The summed E-state index contributed by atoms with van der Waals surface area (Å²) in [5.74, 6) is 0.115. The molecule has 1 atom stereocenters. The molecule has 32 heavy (non-hydrogen) atoms. The topological polar surface area (TPSA) is 105 Å². The summed E-state index contributed by atoms with van der Waals surface area (Å²) in [5.41, 5.74) is 2.31. The minimum absolute atomic E-state index is 0.00181. The maximum absolute atomic E-state index is 12.5. The molecular formula is C25H21N3O4. The summed E-state index contributed by atoms with van der Waals surface area (Å²) >= 11 is 0. The Labute approximate surface area is 185 Å². The Balaban J connectivity index is 1.62. The number of hydrogen-bond acceptors (Lipinski definition) is 5. The van der Waals surface area contributed by atoms with Gasteiger partial charge < -0.3 is 10.1 Å². The van der Waals surface area contributed by atoms with E-state index in [1.807, 2.05) is 43.3 Å². The van der Waals surface area contributed by atoms with E-state index in [0.717, 1.165) is 5.56 Å². The predicted octanol–water partition coefficient (Wildman–Crippen LogP) is 4.96. The number of carbonyl (C=O) groups is 1. The quantitative estimate of drug-likeness (QED) is 0.237. The molecule has 0 heterocycles. The van der Waals surface area contributed by atoms with Gasteiger partial charge >= 0.3 is 0 Å². The molecule has 0 aliphatic rings. The number of ether oxygens (including phenoxy) is 1. The van der Waals surface area contributed by atoms with Crippen molar-refractivity contribution in [3.05, 3.63) is 111 Å². The number of nitro groups is 1. The molecule has 7 heteroatoms. The number of nitro benzene ring substituents is 1. The van der Waals surface area contributed by atoms with E-state index in [4.69, 9.17) is 4.74 Å². The third-order valence-electron chi connectivity index (χ3n) is 4.73. The minimum atomic E-state index is -0.450. The number of nitrogens with one attached hydrogen (secondary N) is 1. The van der Waals surface area contributed by atoms with Crippen LogP contribution in [0.2, 0.25) is 0 Å². The molecule has 0 unspecified atom stereocenters. The number of carbonyl (C=O) groups excluding carboxylic acids is 1. The molecule has 0 bridgehead atoms. The van der Waals surface area contributed by atoms with Gasteiger partial charge in [0.2, 0.25) is 0 Å². The highest BCUT2D eigenvalue weighted by atomic mass is 16.6. The van der Waals surface area contributed by atoms with Crippen molar-refractivity contribution in [2.75, 3.05) is 0 Å². The molecule has 7 nitrogen and oxygen atoms in total. The number of rotatable bonds is 8. The molecule has 0 fully saturated rings. The van der Waals surface area contributed by atoms with E-state index in [0.29, 0.717) is 16.9 Å². The van der Waals surface area contributed by atoms with Crippen molar-refractivity contribution < 1.29 is 14.5 Å². The molecule has 3 aromatic carbocycles. The van der Waals surface area contributed by atoms with Gasteiger partial charge in [-0.25, -0.2) is 0 Å². The fraction of sp³-hybridized carbons (Fsp3) is 0.120. The van der Waals surface area contributed by atoms with Crippen molar-refractivity contribution in [2.24, 2.45) is 0 Å². The maximum Gasteiger partial charge on any atom is 0.269 e. The van der Waals surface area contributed by atoms with Crippen molar-refractivity contribution in [3.8, 4) is 11.8 Å². The molecule has 1 amide bonds. The zero-order chi connectivity index (χ0) is 22.9. The minimum Gasteiger partial charge on any atom is -0.489 e. The summed E-state index contributed by atoms with van der Waals surface area (Å²) in [5, 5.41) is 23.1. The Morgan fingerprint density at radius 3 is 2.50 bits per heavy atom. The fourth-order valence-electron chi connectivity index (χ4n) is 3.00. The summed E-state index contributed by atoms with van der Waals surface area (Å²) in [6.45, 7) is 2.04. The number of nitriles is 1. The molecule has 0 saturated heterocycles. The van der Waals surface area contributed by atoms with Crippen LogP contribution in [0.4, 0.5) is 5.69 Å². The Bertz CT molecular complexity index is 1170. The van der Waals surface area contributed by atoms with Gasteiger partial charge in [0.1, 0.15) is 24.0 Å². The SMILES string of the molecule is C[C@H](NC(=O)/C(C#N)=C\c1ccc(OCc2cccc([N+](=O)[O-])c2)cc1)c1ccccc1. The summed E-state index contributed by atoms with van der Waals surface area (Å²) in [4.78, 5) is 22.9. The van der Waals surface area contributed by atoms with Crippen LogP contribution in [-0.2, 0) is 11.4 Å². The molecule has 0 spiro atoms. The second-order valence-electron chi connectivity index (χ2n) is 7.06. The first-order valence-electron chi connectivity index (χ1n) is 9.90. The smallest absolute Gasteiger partial charge is 0.269 e. The van der Waals surface area contributed by atoms with E-state index in [9.17, 15) is 20.2 Å². The van der Waals surface area contributed by atoms with Gasteiger partial charge in [0, 0.05) is 12.1 Å². The van der Waals surface area contributed by atoms with Gasteiger partial charge in [0.15, 0.2) is 0 Å². The highest BCUT2D eigenvalue weighted by molar-refractivity contribution is 6.01. The zero-order valence-corrected chi connectivity index (χ0v) is 17.4. The average molecular weight is 427 g/mol. The second-order valence-corrected chi connectivity index (χ2v) is 7.06. The van der Waals surface area contributed by atoms with Crippen molar-refractivity contribution in [1.82, 2.24) is 5.32 Å². The van der Waals surface area contributed by atoms with E-state index in [-0.39, 0.29) is 23.9 Å². The number of amides is 1. The van der Waals surface area contributed by atoms with E-state index < -0.39 is 10.8 Å². The Morgan fingerprint density at radius 2 is 1.84 bits per heavy atom. The Hall–Kier alpha value is -4.44.